The van der Waals surface area contributed by atoms with Gasteiger partial charge in [0.15, 0.2) is 5.96 Å². The standard InChI is InChI=1S/C17H25N5.HI/c1-3-4-11-19-17(18-2)20-13-10-15-6-8-16(9-7-15)22-14-5-12-21-22;/h5-9,12,14H,3-4,10-11,13H2,1-2H3,(H2,18,19,20);1H. The van der Waals surface area contributed by atoms with E-state index < -0.39 is 0 Å². The van der Waals surface area contributed by atoms with Crippen molar-refractivity contribution in [2.75, 3.05) is 20.1 Å². The second-order valence-electron chi connectivity index (χ2n) is 5.15. The summed E-state index contributed by atoms with van der Waals surface area (Å²) in [6, 6.07) is 10.4. The number of aliphatic imine (C=N–C) groups is 1. The highest BCUT2D eigenvalue weighted by atomic mass is 127. The lowest BCUT2D eigenvalue weighted by Gasteiger charge is -2.11. The summed E-state index contributed by atoms with van der Waals surface area (Å²) >= 11 is 0. The molecule has 0 fully saturated rings. The van der Waals surface area contributed by atoms with Gasteiger partial charge < -0.3 is 10.6 Å². The molecule has 0 radical (unpaired) electrons. The van der Waals surface area contributed by atoms with Crippen molar-refractivity contribution in [1.82, 2.24) is 20.4 Å². The van der Waals surface area contributed by atoms with Crippen molar-refractivity contribution in [2.45, 2.75) is 26.2 Å². The summed E-state index contributed by atoms with van der Waals surface area (Å²) in [6.07, 6.45) is 7.05. The predicted octanol–water partition coefficient (Wildman–Crippen LogP) is 3.00. The summed E-state index contributed by atoms with van der Waals surface area (Å²) < 4.78 is 1.86. The van der Waals surface area contributed by atoms with Gasteiger partial charge in [-0.15, -0.1) is 24.0 Å². The summed E-state index contributed by atoms with van der Waals surface area (Å²) in [5.74, 6) is 0.876. The Kier molecular flexibility index (Phi) is 9.35. The number of hydrogen-bond donors (Lipinski definition) is 2. The molecule has 6 heteroatoms. The topological polar surface area (TPSA) is 54.2 Å². The number of guanidine groups is 1. The Hall–Kier alpha value is -1.57. The Morgan fingerprint density at radius 3 is 2.52 bits per heavy atom. The SMILES string of the molecule is CCCCNC(=NC)NCCc1ccc(-n2cccn2)cc1.I. The van der Waals surface area contributed by atoms with Crippen LogP contribution in [-0.2, 0) is 6.42 Å². The molecule has 1 heterocycles. The molecular weight excluding hydrogens is 401 g/mol. The van der Waals surface area contributed by atoms with Crippen LogP contribution in [-0.4, -0.2) is 35.9 Å². The van der Waals surface area contributed by atoms with Crippen LogP contribution in [0.25, 0.3) is 5.69 Å². The molecule has 2 N–H and O–H groups in total. The van der Waals surface area contributed by atoms with Crippen molar-refractivity contribution >= 4 is 29.9 Å². The van der Waals surface area contributed by atoms with Crippen molar-refractivity contribution in [1.29, 1.82) is 0 Å². The molecule has 2 rings (SSSR count). The lowest BCUT2D eigenvalue weighted by atomic mass is 10.1. The molecule has 0 aliphatic heterocycles. The molecule has 0 spiro atoms. The number of unbranched alkanes of at least 4 members (excludes halogenated alkanes) is 1. The molecule has 2 aromatic rings. The van der Waals surface area contributed by atoms with Gasteiger partial charge in [0.2, 0.25) is 0 Å². The van der Waals surface area contributed by atoms with Crippen LogP contribution in [0.15, 0.2) is 47.7 Å². The Labute approximate surface area is 155 Å². The molecule has 5 nitrogen and oxygen atoms in total. The van der Waals surface area contributed by atoms with Gasteiger partial charge in [0.1, 0.15) is 0 Å². The fourth-order valence-corrected chi connectivity index (χ4v) is 2.17. The molecule has 0 saturated carbocycles. The van der Waals surface area contributed by atoms with E-state index in [2.05, 4.69) is 51.9 Å². The number of aromatic nitrogens is 2. The van der Waals surface area contributed by atoms with E-state index in [0.29, 0.717) is 0 Å². The molecule has 1 aromatic heterocycles. The Bertz CT molecular complexity index is 563. The highest BCUT2D eigenvalue weighted by Gasteiger charge is 1.99. The van der Waals surface area contributed by atoms with Crippen LogP contribution in [0.1, 0.15) is 25.3 Å². The Morgan fingerprint density at radius 2 is 1.91 bits per heavy atom. The summed E-state index contributed by atoms with van der Waals surface area (Å²) in [4.78, 5) is 4.22. The van der Waals surface area contributed by atoms with Gasteiger partial charge in [0.25, 0.3) is 0 Å². The zero-order valence-electron chi connectivity index (χ0n) is 13.8. The molecule has 0 atom stereocenters. The number of benzene rings is 1. The van der Waals surface area contributed by atoms with Crippen LogP contribution in [0.5, 0.6) is 0 Å². The van der Waals surface area contributed by atoms with Crippen molar-refractivity contribution in [3.8, 4) is 5.69 Å². The number of rotatable bonds is 7. The van der Waals surface area contributed by atoms with E-state index in [-0.39, 0.29) is 24.0 Å². The van der Waals surface area contributed by atoms with Crippen molar-refractivity contribution < 1.29 is 0 Å². The van der Waals surface area contributed by atoms with E-state index in [1.165, 1.54) is 12.0 Å². The summed E-state index contributed by atoms with van der Waals surface area (Å²) in [7, 11) is 1.81. The molecular formula is C17H26IN5. The number of hydrogen-bond acceptors (Lipinski definition) is 2. The number of nitrogens with zero attached hydrogens (tertiary/aromatic N) is 3. The first kappa shape index (κ1) is 19.5. The van der Waals surface area contributed by atoms with E-state index in [1.54, 1.807) is 13.2 Å². The highest BCUT2D eigenvalue weighted by molar-refractivity contribution is 14.0. The molecule has 0 unspecified atom stereocenters. The van der Waals surface area contributed by atoms with E-state index in [4.69, 9.17) is 0 Å². The van der Waals surface area contributed by atoms with Crippen molar-refractivity contribution in [3.05, 3.63) is 48.3 Å². The average molecular weight is 427 g/mol. The highest BCUT2D eigenvalue weighted by Crippen LogP contribution is 2.08. The maximum atomic E-state index is 4.23. The molecule has 0 saturated heterocycles. The Balaban J connectivity index is 0.00000264. The third-order valence-corrected chi connectivity index (χ3v) is 3.46. The third kappa shape index (κ3) is 6.60. The van der Waals surface area contributed by atoms with Crippen LogP contribution in [0.2, 0.25) is 0 Å². The van der Waals surface area contributed by atoms with Gasteiger partial charge in [-0.05, 0) is 36.6 Å². The fraction of sp³-hybridized carbons (Fsp3) is 0.412. The second kappa shape index (κ2) is 11.0. The van der Waals surface area contributed by atoms with Gasteiger partial charge in [-0.3, -0.25) is 4.99 Å². The molecule has 0 aliphatic carbocycles. The molecule has 0 bridgehead atoms. The zero-order valence-corrected chi connectivity index (χ0v) is 16.2. The largest absolute Gasteiger partial charge is 0.356 e. The van der Waals surface area contributed by atoms with Gasteiger partial charge in [-0.25, -0.2) is 4.68 Å². The van der Waals surface area contributed by atoms with Crippen LogP contribution >= 0.6 is 24.0 Å². The van der Waals surface area contributed by atoms with E-state index >= 15 is 0 Å². The monoisotopic (exact) mass is 427 g/mol. The smallest absolute Gasteiger partial charge is 0.190 e. The van der Waals surface area contributed by atoms with Gasteiger partial charge in [-0.1, -0.05) is 25.5 Å². The first-order valence-electron chi connectivity index (χ1n) is 7.87. The lowest BCUT2D eigenvalue weighted by molar-refractivity contribution is 0.726. The minimum atomic E-state index is 0. The third-order valence-electron chi connectivity index (χ3n) is 3.46. The number of nitrogens with one attached hydrogen (secondary N) is 2. The quantitative estimate of drug-likeness (QED) is 0.309. The maximum absolute atomic E-state index is 4.23. The van der Waals surface area contributed by atoms with Crippen LogP contribution in [0, 0.1) is 0 Å². The van der Waals surface area contributed by atoms with E-state index in [9.17, 15) is 0 Å². The summed E-state index contributed by atoms with van der Waals surface area (Å²) in [6.45, 7) is 4.02. The first-order valence-corrected chi connectivity index (χ1v) is 7.87. The van der Waals surface area contributed by atoms with Gasteiger partial charge in [-0.2, -0.15) is 5.10 Å². The summed E-state index contributed by atoms with van der Waals surface area (Å²) in [5, 5.41) is 10.9. The molecule has 0 aliphatic rings. The molecule has 126 valence electrons. The minimum absolute atomic E-state index is 0. The lowest BCUT2D eigenvalue weighted by Crippen LogP contribution is -2.38. The predicted molar refractivity (Wildman–Crippen MR) is 107 cm³/mol. The zero-order chi connectivity index (χ0) is 15.6. The fourth-order valence-electron chi connectivity index (χ4n) is 2.17. The van der Waals surface area contributed by atoms with Crippen LogP contribution in [0.3, 0.4) is 0 Å². The molecule has 1 aromatic carbocycles. The van der Waals surface area contributed by atoms with Crippen molar-refractivity contribution in [3.63, 3.8) is 0 Å². The van der Waals surface area contributed by atoms with Crippen LogP contribution < -0.4 is 10.6 Å². The Morgan fingerprint density at radius 1 is 1.17 bits per heavy atom. The van der Waals surface area contributed by atoms with E-state index in [1.807, 2.05) is 16.9 Å². The normalized spacial score (nSPS) is 11.0. The average Bonchev–Trinajstić information content (AvgIpc) is 3.08. The van der Waals surface area contributed by atoms with Crippen molar-refractivity contribution in [2.24, 2.45) is 4.99 Å². The minimum Gasteiger partial charge on any atom is -0.356 e. The summed E-state index contributed by atoms with van der Waals surface area (Å²) in [5.41, 5.74) is 2.38. The second-order valence-corrected chi connectivity index (χ2v) is 5.15. The molecule has 0 amide bonds. The molecule has 23 heavy (non-hydrogen) atoms. The number of halogens is 1. The first-order chi connectivity index (χ1) is 10.8. The van der Waals surface area contributed by atoms with Crippen LogP contribution in [0.4, 0.5) is 0 Å². The van der Waals surface area contributed by atoms with E-state index in [0.717, 1.165) is 37.6 Å². The van der Waals surface area contributed by atoms with Gasteiger partial charge >= 0.3 is 0 Å². The van der Waals surface area contributed by atoms with Gasteiger partial charge in [0.05, 0.1) is 5.69 Å². The van der Waals surface area contributed by atoms with Gasteiger partial charge in [0, 0.05) is 32.5 Å². The maximum Gasteiger partial charge on any atom is 0.190 e.